The Morgan fingerprint density at radius 2 is 2.40 bits per heavy atom. The van der Waals surface area contributed by atoms with Crippen LogP contribution in [-0.4, -0.2) is 18.4 Å². The summed E-state index contributed by atoms with van der Waals surface area (Å²) >= 11 is 4.79. The van der Waals surface area contributed by atoms with Gasteiger partial charge in [-0.15, -0.1) is 0 Å². The van der Waals surface area contributed by atoms with Crippen molar-refractivity contribution in [3.63, 3.8) is 0 Å². The number of hydrogen-bond acceptors (Lipinski definition) is 2. The fourth-order valence-corrected chi connectivity index (χ4v) is 0.555. The molecule has 0 saturated heterocycles. The molecule has 0 spiro atoms. The van der Waals surface area contributed by atoms with E-state index in [1.165, 1.54) is 12.8 Å². The van der Waals surface area contributed by atoms with Crippen molar-refractivity contribution in [3.05, 3.63) is 0 Å². The fourth-order valence-electron chi connectivity index (χ4n) is 0.503. The maximum atomic E-state index is 4.79. The lowest BCUT2D eigenvalue weighted by Gasteiger charge is -1.98. The van der Waals surface area contributed by atoms with Gasteiger partial charge in [-0.2, -0.15) is 5.10 Å². The zero-order valence-corrected chi connectivity index (χ0v) is 6.74. The Morgan fingerprint density at radius 1 is 1.70 bits per heavy atom. The summed E-state index contributed by atoms with van der Waals surface area (Å²) in [5.41, 5.74) is 2.69. The zero-order valence-electron chi connectivity index (χ0n) is 5.92. The molecule has 0 atom stereocenters. The van der Waals surface area contributed by atoms with Gasteiger partial charge in [0, 0.05) is 13.3 Å². The van der Waals surface area contributed by atoms with Crippen LogP contribution in [0.15, 0.2) is 5.10 Å². The minimum atomic E-state index is 0.567. The average molecular weight is 157 g/mol. The minimum Gasteiger partial charge on any atom is -0.364 e. The van der Waals surface area contributed by atoms with Crippen LogP contribution in [0.4, 0.5) is 0 Å². The first kappa shape index (κ1) is 7.47. The summed E-state index contributed by atoms with van der Waals surface area (Å²) in [6.45, 7) is 0. The Labute approximate surface area is 65.9 Å². The smallest absolute Gasteiger partial charge is 0.186 e. The van der Waals surface area contributed by atoms with E-state index in [0.717, 1.165) is 0 Å². The Kier molecular flexibility index (Phi) is 2.62. The monoisotopic (exact) mass is 157 g/mol. The van der Waals surface area contributed by atoms with Crippen LogP contribution in [-0.2, 0) is 0 Å². The highest BCUT2D eigenvalue weighted by molar-refractivity contribution is 7.80. The molecule has 0 bridgehead atoms. The highest BCUT2D eigenvalue weighted by Crippen LogP contribution is 2.25. The number of nitrogens with zero attached hydrogens (tertiary/aromatic N) is 1. The van der Waals surface area contributed by atoms with Crippen molar-refractivity contribution in [1.29, 1.82) is 0 Å². The van der Waals surface area contributed by atoms with E-state index in [1.807, 2.05) is 6.21 Å². The van der Waals surface area contributed by atoms with Crippen molar-refractivity contribution in [1.82, 2.24) is 10.7 Å². The molecule has 1 aliphatic rings. The van der Waals surface area contributed by atoms with Crippen LogP contribution in [0.1, 0.15) is 12.8 Å². The second-order valence-electron chi connectivity index (χ2n) is 2.31. The predicted octanol–water partition coefficient (Wildman–Crippen LogP) is 0.476. The van der Waals surface area contributed by atoms with E-state index in [1.54, 1.807) is 7.05 Å². The molecule has 10 heavy (non-hydrogen) atoms. The first-order chi connectivity index (χ1) is 4.83. The molecule has 0 aromatic heterocycles. The molecule has 1 rings (SSSR count). The largest absolute Gasteiger partial charge is 0.364 e. The van der Waals surface area contributed by atoms with Gasteiger partial charge in [0.15, 0.2) is 5.11 Å². The van der Waals surface area contributed by atoms with Crippen LogP contribution in [0.2, 0.25) is 0 Å². The lowest BCUT2D eigenvalue weighted by Crippen LogP contribution is -2.28. The summed E-state index contributed by atoms with van der Waals surface area (Å²) in [5, 5.41) is 7.26. The van der Waals surface area contributed by atoms with Gasteiger partial charge in [-0.05, 0) is 31.0 Å². The van der Waals surface area contributed by atoms with Crippen molar-refractivity contribution in [2.24, 2.45) is 11.0 Å². The lowest BCUT2D eigenvalue weighted by atomic mass is 10.5. The van der Waals surface area contributed by atoms with Gasteiger partial charge in [0.25, 0.3) is 0 Å². The third-order valence-electron chi connectivity index (χ3n) is 1.30. The van der Waals surface area contributed by atoms with Gasteiger partial charge in [-0.1, -0.05) is 0 Å². The molecule has 4 heteroatoms. The minimum absolute atomic E-state index is 0.567. The molecule has 0 unspecified atom stereocenters. The van der Waals surface area contributed by atoms with E-state index < -0.39 is 0 Å². The van der Waals surface area contributed by atoms with E-state index >= 15 is 0 Å². The van der Waals surface area contributed by atoms with Crippen molar-refractivity contribution in [2.75, 3.05) is 7.05 Å². The van der Waals surface area contributed by atoms with Crippen LogP contribution in [0.5, 0.6) is 0 Å². The van der Waals surface area contributed by atoms with Gasteiger partial charge in [-0.3, -0.25) is 5.43 Å². The van der Waals surface area contributed by atoms with Crippen molar-refractivity contribution in [3.8, 4) is 0 Å². The molecule has 1 saturated carbocycles. The van der Waals surface area contributed by atoms with Crippen LogP contribution in [0, 0.1) is 5.92 Å². The number of rotatable bonds is 2. The molecule has 1 aliphatic carbocycles. The molecular weight excluding hydrogens is 146 g/mol. The van der Waals surface area contributed by atoms with E-state index in [0.29, 0.717) is 11.0 Å². The van der Waals surface area contributed by atoms with Gasteiger partial charge in [0.2, 0.25) is 0 Å². The standard InChI is InChI=1S/C6H11N3S/c1-7-6(10)9-8-4-5-2-3-5/h4-5H,2-3H2,1H3,(H2,7,9,10)/b8-4+. The molecule has 0 radical (unpaired) electrons. The molecule has 0 aliphatic heterocycles. The van der Waals surface area contributed by atoms with Crippen molar-refractivity contribution >= 4 is 23.5 Å². The number of nitrogens with one attached hydrogen (secondary N) is 2. The van der Waals surface area contributed by atoms with E-state index in [9.17, 15) is 0 Å². The second-order valence-corrected chi connectivity index (χ2v) is 2.71. The van der Waals surface area contributed by atoms with E-state index in [2.05, 4.69) is 15.8 Å². The quantitative estimate of drug-likeness (QED) is 0.348. The van der Waals surface area contributed by atoms with E-state index in [-0.39, 0.29) is 0 Å². The highest BCUT2D eigenvalue weighted by atomic mass is 32.1. The predicted molar refractivity (Wildman–Crippen MR) is 46.0 cm³/mol. The Bertz CT molecular complexity index is 151. The molecule has 0 aromatic rings. The van der Waals surface area contributed by atoms with Gasteiger partial charge in [0.1, 0.15) is 0 Å². The molecule has 56 valence electrons. The first-order valence-electron chi connectivity index (χ1n) is 3.34. The Balaban J connectivity index is 2.07. The van der Waals surface area contributed by atoms with Crippen LogP contribution < -0.4 is 10.7 Å². The Morgan fingerprint density at radius 3 is 2.90 bits per heavy atom. The summed E-state index contributed by atoms with van der Waals surface area (Å²) < 4.78 is 0. The SMILES string of the molecule is CNC(=S)N/N=C/C1CC1. The zero-order chi connectivity index (χ0) is 7.40. The number of hydrazone groups is 1. The molecule has 0 amide bonds. The average Bonchev–Trinajstić information content (AvgIpc) is 2.71. The van der Waals surface area contributed by atoms with Crippen LogP contribution in [0.25, 0.3) is 0 Å². The maximum absolute atomic E-state index is 4.79. The third kappa shape index (κ3) is 2.77. The molecular formula is C6H11N3S. The summed E-state index contributed by atoms with van der Waals surface area (Å²) in [7, 11) is 1.77. The van der Waals surface area contributed by atoms with Gasteiger partial charge in [-0.25, -0.2) is 0 Å². The fraction of sp³-hybridized carbons (Fsp3) is 0.667. The molecule has 3 nitrogen and oxygen atoms in total. The Hall–Kier alpha value is -0.640. The van der Waals surface area contributed by atoms with Gasteiger partial charge in [0.05, 0.1) is 0 Å². The molecule has 2 N–H and O–H groups in total. The van der Waals surface area contributed by atoms with Gasteiger partial charge < -0.3 is 5.32 Å². The second kappa shape index (κ2) is 3.51. The topological polar surface area (TPSA) is 36.4 Å². The van der Waals surface area contributed by atoms with Crippen LogP contribution >= 0.6 is 12.2 Å². The molecule has 1 fully saturated rings. The maximum Gasteiger partial charge on any atom is 0.186 e. The number of hydrogen-bond donors (Lipinski definition) is 2. The molecule has 0 heterocycles. The summed E-state index contributed by atoms with van der Waals surface area (Å²) in [5.74, 6) is 0.701. The lowest BCUT2D eigenvalue weighted by molar-refractivity contribution is 0.969. The van der Waals surface area contributed by atoms with Crippen LogP contribution in [0.3, 0.4) is 0 Å². The number of thiocarbonyl (C=S) groups is 1. The van der Waals surface area contributed by atoms with Crippen molar-refractivity contribution in [2.45, 2.75) is 12.8 Å². The first-order valence-corrected chi connectivity index (χ1v) is 3.74. The molecule has 0 aromatic carbocycles. The normalized spacial score (nSPS) is 17.3. The summed E-state index contributed by atoms with van der Waals surface area (Å²) in [6, 6.07) is 0. The highest BCUT2D eigenvalue weighted by Gasteiger charge is 2.18. The van der Waals surface area contributed by atoms with Gasteiger partial charge >= 0.3 is 0 Å². The summed E-state index contributed by atoms with van der Waals surface area (Å²) in [6.07, 6.45) is 4.46. The summed E-state index contributed by atoms with van der Waals surface area (Å²) in [4.78, 5) is 0. The van der Waals surface area contributed by atoms with Crippen molar-refractivity contribution < 1.29 is 0 Å². The third-order valence-corrected chi connectivity index (χ3v) is 1.60. The van der Waals surface area contributed by atoms with E-state index in [4.69, 9.17) is 12.2 Å².